The Labute approximate surface area is 115 Å². The van der Waals surface area contributed by atoms with Crippen LogP contribution in [0.1, 0.15) is 0 Å². The van der Waals surface area contributed by atoms with Crippen LogP contribution in [0.15, 0.2) is 0 Å². The molecule has 1 radical (unpaired) electrons. The van der Waals surface area contributed by atoms with Crippen LogP contribution >= 0.6 is 0 Å². The molecule has 0 aromatic rings. The van der Waals surface area contributed by atoms with Crippen molar-refractivity contribution >= 4 is 0 Å². The number of rotatable bonds is 0. The fraction of sp³-hybridized carbons (Fsp3) is 0. The molecular weight excluding hydrogens is 407 g/mol. The molecule has 49 valence electrons. The predicted molar refractivity (Wildman–Crippen MR) is 20.7 cm³/mol. The first-order valence-electron chi connectivity index (χ1n) is 1.10. The third-order valence-electron chi connectivity index (χ3n) is 0. The van der Waals surface area contributed by atoms with Gasteiger partial charge in [-0.3, -0.25) is 0 Å². The standard InChI is InChI=1S/La.2NO3.Nd/c;2*2-1(3)4;/q+3;2*-1;+3. The minimum absolute atomic E-state index is 0. The Morgan fingerprint density at radius 3 is 0.800 bits per heavy atom. The molecule has 0 saturated heterocycles. The van der Waals surface area contributed by atoms with E-state index in [9.17, 15) is 0 Å². The van der Waals surface area contributed by atoms with Crippen LogP contribution in [0.4, 0.5) is 0 Å². The Kier molecular flexibility index (Phi) is 37.0. The summed E-state index contributed by atoms with van der Waals surface area (Å²) >= 11 is 0. The maximum absolute atomic E-state index is 8.25. The Bertz CT molecular complexity index is 73.7. The molecule has 0 aliphatic rings. The second kappa shape index (κ2) is 16.5. The van der Waals surface area contributed by atoms with Crippen LogP contribution in [-0.2, 0) is 0 Å². The van der Waals surface area contributed by atoms with Gasteiger partial charge in [0, 0.05) is 0 Å². The SMILES string of the molecule is O=[N+]([O-])[O-].O=[N+]([O-])[O-].[La+3].[Nd+3]. The van der Waals surface area contributed by atoms with E-state index in [-0.39, 0.29) is 76.4 Å². The molecule has 0 amide bonds. The largest absolute Gasteiger partial charge is 3.00 e. The van der Waals surface area contributed by atoms with Gasteiger partial charge in [-0.2, -0.15) is 0 Å². The van der Waals surface area contributed by atoms with E-state index in [0.29, 0.717) is 0 Å². The second-order valence-corrected chi connectivity index (χ2v) is 0.447. The van der Waals surface area contributed by atoms with Crippen molar-refractivity contribution < 1.29 is 86.6 Å². The van der Waals surface area contributed by atoms with Crippen molar-refractivity contribution in [2.24, 2.45) is 0 Å². The van der Waals surface area contributed by atoms with Crippen LogP contribution < -0.4 is 0 Å². The van der Waals surface area contributed by atoms with Gasteiger partial charge < -0.3 is 30.6 Å². The molecule has 0 aliphatic carbocycles. The first-order valence-corrected chi connectivity index (χ1v) is 1.10. The van der Waals surface area contributed by atoms with Gasteiger partial charge in [-0.05, 0) is 0 Å². The van der Waals surface area contributed by atoms with Crippen LogP contribution in [0, 0.1) is 107 Å². The van der Waals surface area contributed by atoms with Crippen molar-refractivity contribution in [3.63, 3.8) is 0 Å². The van der Waals surface area contributed by atoms with Gasteiger partial charge in [0.15, 0.2) is 0 Å². The van der Waals surface area contributed by atoms with Crippen molar-refractivity contribution in [2.45, 2.75) is 0 Å². The van der Waals surface area contributed by atoms with Crippen LogP contribution in [0.3, 0.4) is 0 Å². The summed E-state index contributed by atoms with van der Waals surface area (Å²) in [4.78, 5) is 16.5. The Morgan fingerprint density at radius 2 is 0.800 bits per heavy atom. The normalized spacial score (nSPS) is 4.80. The molecule has 0 heterocycles. The van der Waals surface area contributed by atoms with E-state index < -0.39 is 10.2 Å². The molecule has 10 heavy (non-hydrogen) atoms. The van der Waals surface area contributed by atoms with Gasteiger partial charge in [0.1, 0.15) is 0 Å². The molecule has 0 aromatic carbocycles. The summed E-state index contributed by atoms with van der Waals surface area (Å²) < 4.78 is 0. The van der Waals surface area contributed by atoms with Crippen LogP contribution in [0.25, 0.3) is 0 Å². The van der Waals surface area contributed by atoms with Crippen LogP contribution in [0.2, 0.25) is 0 Å². The molecule has 0 aliphatic heterocycles. The van der Waals surface area contributed by atoms with Gasteiger partial charge >= 0.3 is 76.4 Å². The zero-order valence-corrected chi connectivity index (χ0v) is 11.3. The third kappa shape index (κ3) is 632. The van der Waals surface area contributed by atoms with Crippen LogP contribution in [-0.4, -0.2) is 10.2 Å². The molecule has 0 aromatic heterocycles. The molecule has 10 heteroatoms. The first kappa shape index (κ1) is 22.4. The first-order chi connectivity index (χ1) is 3.46. The summed E-state index contributed by atoms with van der Waals surface area (Å²) in [5, 5.41) is 29.5. The fourth-order valence-electron chi connectivity index (χ4n) is 0. The fourth-order valence-corrected chi connectivity index (χ4v) is 0. The molecular formula is LaN2NdO6+4. The van der Waals surface area contributed by atoms with E-state index in [1.807, 2.05) is 0 Å². The summed E-state index contributed by atoms with van der Waals surface area (Å²) in [6.45, 7) is 0. The molecule has 0 spiro atoms. The minimum atomic E-state index is -1.75. The average molecular weight is 407 g/mol. The van der Waals surface area contributed by atoms with Gasteiger partial charge in [-0.15, -0.1) is 0 Å². The summed E-state index contributed by atoms with van der Waals surface area (Å²) in [6, 6.07) is 0. The van der Waals surface area contributed by atoms with Crippen molar-refractivity contribution in [1.82, 2.24) is 0 Å². The molecule has 0 N–H and O–H groups in total. The molecule has 8 nitrogen and oxygen atoms in total. The number of nitrogens with zero attached hydrogens (tertiary/aromatic N) is 2. The number of hydrogen-bond donors (Lipinski definition) is 0. The van der Waals surface area contributed by atoms with Crippen molar-refractivity contribution in [2.75, 3.05) is 0 Å². The Hall–Kier alpha value is 0.945. The summed E-state index contributed by atoms with van der Waals surface area (Å²) in [6.07, 6.45) is 0. The summed E-state index contributed by atoms with van der Waals surface area (Å²) in [7, 11) is 0. The quantitative estimate of drug-likeness (QED) is 0.394. The average Bonchev–Trinajstić information content (AvgIpc) is 1.25. The van der Waals surface area contributed by atoms with Gasteiger partial charge in [0.05, 0.1) is 10.2 Å². The van der Waals surface area contributed by atoms with Crippen LogP contribution in [0.5, 0.6) is 0 Å². The molecule has 0 fully saturated rings. The van der Waals surface area contributed by atoms with Crippen molar-refractivity contribution in [1.29, 1.82) is 0 Å². The molecule has 0 unspecified atom stereocenters. The minimum Gasteiger partial charge on any atom is -0.356 e. The number of hydrogen-bond acceptors (Lipinski definition) is 6. The third-order valence-corrected chi connectivity index (χ3v) is 0. The Balaban J connectivity index is -0.0000000300. The summed E-state index contributed by atoms with van der Waals surface area (Å²) in [5.74, 6) is 0. The van der Waals surface area contributed by atoms with Gasteiger partial charge in [0.25, 0.3) is 0 Å². The maximum Gasteiger partial charge on any atom is 3.00 e. The maximum atomic E-state index is 8.25. The summed E-state index contributed by atoms with van der Waals surface area (Å²) in [5.41, 5.74) is 0. The van der Waals surface area contributed by atoms with Gasteiger partial charge in [0.2, 0.25) is 0 Å². The molecule has 0 rings (SSSR count). The van der Waals surface area contributed by atoms with E-state index in [1.165, 1.54) is 0 Å². The van der Waals surface area contributed by atoms with Crippen molar-refractivity contribution in [3.05, 3.63) is 30.6 Å². The van der Waals surface area contributed by atoms with E-state index >= 15 is 0 Å². The monoisotopic (exact) mass is 405 g/mol. The smallest absolute Gasteiger partial charge is 0.356 e. The molecule has 0 saturated carbocycles. The Morgan fingerprint density at radius 1 is 0.800 bits per heavy atom. The predicted octanol–water partition coefficient (Wildman–Crippen LogP) is -0.478. The topological polar surface area (TPSA) is 132 Å². The van der Waals surface area contributed by atoms with E-state index in [1.54, 1.807) is 0 Å². The van der Waals surface area contributed by atoms with E-state index in [0.717, 1.165) is 0 Å². The van der Waals surface area contributed by atoms with Gasteiger partial charge in [-0.1, -0.05) is 0 Å². The van der Waals surface area contributed by atoms with E-state index in [2.05, 4.69) is 0 Å². The molecule has 0 atom stereocenters. The van der Waals surface area contributed by atoms with Gasteiger partial charge in [-0.25, -0.2) is 0 Å². The zero-order chi connectivity index (χ0) is 7.15. The van der Waals surface area contributed by atoms with Crippen molar-refractivity contribution in [3.8, 4) is 0 Å². The zero-order valence-electron chi connectivity index (χ0n) is 4.42. The van der Waals surface area contributed by atoms with E-state index in [4.69, 9.17) is 30.6 Å². The molecule has 0 bridgehead atoms. The second-order valence-electron chi connectivity index (χ2n) is 0.447.